The number of carbonyl (C=O) groups is 3. The number of nitrogens with one attached hydrogen (secondary N) is 2. The minimum absolute atomic E-state index is 0.0522. The number of hydrogen-bond acceptors (Lipinski definition) is 5. The van der Waals surface area contributed by atoms with E-state index in [2.05, 4.69) is 15.6 Å². The van der Waals surface area contributed by atoms with Gasteiger partial charge in [0.15, 0.2) is 0 Å². The first-order chi connectivity index (χ1) is 13.0. The summed E-state index contributed by atoms with van der Waals surface area (Å²) in [5, 5.41) is 14.5. The summed E-state index contributed by atoms with van der Waals surface area (Å²) in [6.45, 7) is -0.0522. The van der Waals surface area contributed by atoms with Gasteiger partial charge in [-0.1, -0.05) is 18.2 Å². The smallest absolute Gasteiger partial charge is 0.308 e. The highest BCUT2D eigenvalue weighted by Gasteiger charge is 2.21. The van der Waals surface area contributed by atoms with Crippen LogP contribution in [0.4, 0.5) is 0 Å². The van der Waals surface area contributed by atoms with Crippen molar-refractivity contribution >= 4 is 17.8 Å². The van der Waals surface area contributed by atoms with E-state index in [-0.39, 0.29) is 30.1 Å². The summed E-state index contributed by atoms with van der Waals surface area (Å²) in [5.74, 6) is -2.05. The zero-order valence-electron chi connectivity index (χ0n) is 15.1. The van der Waals surface area contributed by atoms with Crippen molar-refractivity contribution in [1.29, 1.82) is 0 Å². The number of rotatable bonds is 8. The van der Waals surface area contributed by atoms with Crippen LogP contribution in [0.25, 0.3) is 0 Å². The molecule has 1 atom stereocenters. The van der Waals surface area contributed by atoms with E-state index >= 15 is 0 Å². The van der Waals surface area contributed by atoms with Crippen molar-refractivity contribution in [3.63, 3.8) is 0 Å². The van der Waals surface area contributed by atoms with Gasteiger partial charge in [0, 0.05) is 19.8 Å². The van der Waals surface area contributed by atoms with Crippen LogP contribution >= 0.6 is 0 Å². The van der Waals surface area contributed by atoms with Gasteiger partial charge in [-0.05, 0) is 30.2 Å². The first-order valence-corrected chi connectivity index (χ1v) is 8.27. The molecule has 3 N–H and O–H groups in total. The molecular formula is C19H21N3O5. The Labute approximate surface area is 156 Å². The maximum absolute atomic E-state index is 12.2. The fraction of sp³-hybridized carbons (Fsp3) is 0.263. The van der Waals surface area contributed by atoms with Gasteiger partial charge in [0.05, 0.1) is 18.6 Å². The molecule has 27 heavy (non-hydrogen) atoms. The molecule has 0 spiro atoms. The third-order valence-electron chi connectivity index (χ3n) is 4.00. The van der Waals surface area contributed by atoms with Crippen molar-refractivity contribution in [3.8, 4) is 5.75 Å². The first-order valence-electron chi connectivity index (χ1n) is 8.27. The average Bonchev–Trinajstić information content (AvgIpc) is 2.70. The number of aliphatic carboxylic acids is 1. The lowest BCUT2D eigenvalue weighted by Gasteiger charge is -2.15. The zero-order valence-corrected chi connectivity index (χ0v) is 15.1. The Kier molecular flexibility index (Phi) is 6.87. The lowest BCUT2D eigenvalue weighted by molar-refractivity contribution is -0.141. The molecule has 0 bridgehead atoms. The van der Waals surface area contributed by atoms with Gasteiger partial charge in [0.1, 0.15) is 11.4 Å². The Morgan fingerprint density at radius 2 is 1.89 bits per heavy atom. The number of amides is 2. The van der Waals surface area contributed by atoms with E-state index in [0.717, 1.165) is 5.56 Å². The van der Waals surface area contributed by atoms with Gasteiger partial charge >= 0.3 is 5.97 Å². The van der Waals surface area contributed by atoms with Gasteiger partial charge in [0.25, 0.3) is 11.8 Å². The number of benzene rings is 1. The van der Waals surface area contributed by atoms with Crippen LogP contribution < -0.4 is 15.4 Å². The lowest BCUT2D eigenvalue weighted by Crippen LogP contribution is -2.34. The molecule has 1 aromatic carbocycles. The molecule has 2 aromatic rings. The van der Waals surface area contributed by atoms with Crippen LogP contribution in [0.1, 0.15) is 26.4 Å². The number of nitrogens with zero attached hydrogens (tertiary/aromatic N) is 1. The van der Waals surface area contributed by atoms with Crippen LogP contribution in [-0.2, 0) is 11.2 Å². The van der Waals surface area contributed by atoms with Gasteiger partial charge in [-0.3, -0.25) is 19.4 Å². The molecule has 0 aliphatic carbocycles. The van der Waals surface area contributed by atoms with Gasteiger partial charge in [-0.25, -0.2) is 0 Å². The number of para-hydroxylation sites is 1. The zero-order chi connectivity index (χ0) is 19.8. The molecule has 0 aliphatic rings. The number of carboxylic acids is 1. The third-order valence-corrected chi connectivity index (χ3v) is 4.00. The summed E-state index contributed by atoms with van der Waals surface area (Å²) in [6, 6.07) is 10.0. The Bertz CT molecular complexity index is 820. The Balaban J connectivity index is 2.02. The van der Waals surface area contributed by atoms with Gasteiger partial charge in [-0.2, -0.15) is 0 Å². The molecule has 0 aliphatic heterocycles. The number of carbonyl (C=O) groups excluding carboxylic acids is 2. The number of hydrogen-bond donors (Lipinski definition) is 3. The molecule has 2 rings (SSSR count). The Morgan fingerprint density at radius 1 is 1.15 bits per heavy atom. The molecule has 1 heterocycles. The van der Waals surface area contributed by atoms with E-state index in [9.17, 15) is 19.5 Å². The largest absolute Gasteiger partial charge is 0.496 e. The molecule has 0 saturated heterocycles. The molecule has 8 heteroatoms. The SMILES string of the molecule is CNC(=O)c1ccc(C(=O)NCC(Cc2ccccc2OC)C(=O)O)cn1. The molecular weight excluding hydrogens is 350 g/mol. The van der Waals surface area contributed by atoms with E-state index < -0.39 is 17.8 Å². The molecule has 8 nitrogen and oxygen atoms in total. The van der Waals surface area contributed by atoms with Crippen LogP contribution in [0.5, 0.6) is 5.75 Å². The predicted molar refractivity (Wildman–Crippen MR) is 97.8 cm³/mol. The normalized spacial score (nSPS) is 11.3. The average molecular weight is 371 g/mol. The summed E-state index contributed by atoms with van der Waals surface area (Å²) in [4.78, 5) is 39.2. The van der Waals surface area contributed by atoms with Crippen LogP contribution in [0.15, 0.2) is 42.6 Å². The summed E-state index contributed by atoms with van der Waals surface area (Å²) in [6.07, 6.45) is 1.49. The van der Waals surface area contributed by atoms with E-state index in [0.29, 0.717) is 5.75 Å². The number of ether oxygens (including phenoxy) is 1. The third kappa shape index (κ3) is 5.27. The van der Waals surface area contributed by atoms with E-state index in [1.165, 1.54) is 32.5 Å². The first kappa shape index (κ1) is 19.9. The number of carboxylic acid groups (broad SMARTS) is 1. The van der Waals surface area contributed by atoms with Gasteiger partial charge in [-0.15, -0.1) is 0 Å². The number of aromatic nitrogens is 1. The fourth-order valence-electron chi connectivity index (χ4n) is 2.49. The number of pyridine rings is 1. The second-order valence-electron chi connectivity index (χ2n) is 5.77. The monoisotopic (exact) mass is 371 g/mol. The minimum Gasteiger partial charge on any atom is -0.496 e. The molecule has 0 fully saturated rings. The highest BCUT2D eigenvalue weighted by atomic mass is 16.5. The second-order valence-corrected chi connectivity index (χ2v) is 5.77. The molecule has 1 unspecified atom stereocenters. The minimum atomic E-state index is -1.02. The van der Waals surface area contributed by atoms with Crippen LogP contribution in [0.2, 0.25) is 0 Å². The van der Waals surface area contributed by atoms with Crippen molar-refractivity contribution in [3.05, 3.63) is 59.4 Å². The molecule has 0 radical (unpaired) electrons. The lowest BCUT2D eigenvalue weighted by atomic mass is 9.98. The topological polar surface area (TPSA) is 118 Å². The summed E-state index contributed by atoms with van der Waals surface area (Å²) in [7, 11) is 3.00. The summed E-state index contributed by atoms with van der Waals surface area (Å²) in [5.41, 5.74) is 1.18. The highest BCUT2D eigenvalue weighted by molar-refractivity contribution is 5.96. The fourth-order valence-corrected chi connectivity index (χ4v) is 2.49. The second kappa shape index (κ2) is 9.33. The number of methoxy groups -OCH3 is 1. The van der Waals surface area contributed by atoms with Crippen LogP contribution in [0.3, 0.4) is 0 Å². The molecule has 142 valence electrons. The maximum Gasteiger partial charge on any atom is 0.308 e. The maximum atomic E-state index is 12.2. The van der Waals surface area contributed by atoms with Crippen molar-refractivity contribution in [2.75, 3.05) is 20.7 Å². The Morgan fingerprint density at radius 3 is 2.48 bits per heavy atom. The van der Waals surface area contributed by atoms with Gasteiger partial charge < -0.3 is 20.5 Å². The molecule has 1 aromatic heterocycles. The Hall–Kier alpha value is -3.42. The summed E-state index contributed by atoms with van der Waals surface area (Å²) < 4.78 is 5.24. The highest BCUT2D eigenvalue weighted by Crippen LogP contribution is 2.21. The van der Waals surface area contributed by atoms with E-state index in [1.54, 1.807) is 24.3 Å². The molecule has 2 amide bonds. The van der Waals surface area contributed by atoms with Gasteiger partial charge in [0.2, 0.25) is 0 Å². The van der Waals surface area contributed by atoms with E-state index in [4.69, 9.17) is 4.74 Å². The van der Waals surface area contributed by atoms with Crippen LogP contribution in [-0.4, -0.2) is 48.6 Å². The van der Waals surface area contributed by atoms with Crippen molar-refractivity contribution in [2.45, 2.75) is 6.42 Å². The summed E-state index contributed by atoms with van der Waals surface area (Å²) >= 11 is 0. The van der Waals surface area contributed by atoms with E-state index in [1.807, 2.05) is 0 Å². The quantitative estimate of drug-likeness (QED) is 0.640. The standard InChI is InChI=1S/C19H21N3O5/c1-20-18(24)15-8-7-13(10-21-15)17(23)22-11-14(19(25)26)9-12-5-3-4-6-16(12)27-2/h3-8,10,14H,9,11H2,1-2H3,(H,20,24)(H,22,23)(H,25,26). The van der Waals surface area contributed by atoms with Crippen molar-refractivity contribution < 1.29 is 24.2 Å². The predicted octanol–water partition coefficient (Wildman–Crippen LogP) is 1.12. The van der Waals surface area contributed by atoms with Crippen molar-refractivity contribution in [1.82, 2.24) is 15.6 Å². The van der Waals surface area contributed by atoms with Crippen molar-refractivity contribution in [2.24, 2.45) is 5.92 Å². The van der Waals surface area contributed by atoms with Crippen LogP contribution in [0, 0.1) is 5.92 Å². The molecule has 0 saturated carbocycles.